The minimum Gasteiger partial charge on any atom is -0.494 e. The van der Waals surface area contributed by atoms with E-state index in [1.165, 1.54) is 6.20 Å². The summed E-state index contributed by atoms with van der Waals surface area (Å²) in [5.41, 5.74) is 2.59. The number of hydrogen-bond acceptors (Lipinski definition) is 7. The molecule has 0 saturated heterocycles. The van der Waals surface area contributed by atoms with Crippen molar-refractivity contribution in [1.29, 1.82) is 0 Å². The Labute approximate surface area is 208 Å². The van der Waals surface area contributed by atoms with Crippen molar-refractivity contribution in [2.24, 2.45) is 17.8 Å². The lowest BCUT2D eigenvalue weighted by Crippen LogP contribution is -2.38. The van der Waals surface area contributed by atoms with Crippen molar-refractivity contribution in [2.75, 3.05) is 29.2 Å². The molecule has 4 atom stereocenters. The second kappa shape index (κ2) is 9.37. The van der Waals surface area contributed by atoms with E-state index in [0.29, 0.717) is 41.2 Å². The van der Waals surface area contributed by atoms with Gasteiger partial charge in [-0.3, -0.25) is 9.59 Å². The average molecular weight is 498 g/mol. The Morgan fingerprint density at radius 1 is 1.29 bits per heavy atom. The van der Waals surface area contributed by atoms with Gasteiger partial charge in [-0.25, -0.2) is 4.98 Å². The first-order valence-electron chi connectivity index (χ1n) is 11.9. The number of fused-ring (bicyclic) bond motifs is 3. The van der Waals surface area contributed by atoms with Crippen LogP contribution in [0.5, 0.6) is 5.75 Å². The summed E-state index contributed by atoms with van der Waals surface area (Å²) in [4.78, 5) is 35.0. The molecule has 1 amide bonds. The van der Waals surface area contributed by atoms with Gasteiger partial charge >= 0.3 is 5.97 Å². The molecule has 2 heterocycles. The van der Waals surface area contributed by atoms with Crippen LogP contribution in [-0.2, 0) is 16.0 Å². The number of carbonyl (C=O) groups excluding carboxylic acids is 1. The largest absolute Gasteiger partial charge is 0.494 e. The smallest absolute Gasteiger partial charge is 0.309 e. The van der Waals surface area contributed by atoms with Crippen molar-refractivity contribution < 1.29 is 19.4 Å². The highest BCUT2D eigenvalue weighted by atomic mass is 35.5. The van der Waals surface area contributed by atoms with Gasteiger partial charge in [0.05, 0.1) is 30.6 Å². The molecular formula is C25H28ClN5O4. The number of amides is 1. The maximum absolute atomic E-state index is 12.5. The van der Waals surface area contributed by atoms with Gasteiger partial charge in [-0.15, -0.1) is 0 Å². The molecule has 35 heavy (non-hydrogen) atoms. The molecule has 184 valence electrons. The standard InChI is InChI=1S/C25H28ClN5O4/c1-3-31-18-11-19(35-2)17(10-13(18)5-4-6-20(31)32)28-25-27-12-16(26)23(30-25)29-22-15-8-7-14(9-15)21(22)24(33)34/h7-8,10-12,14-15,21-22H,3-6,9H2,1-2H3,(H,33,34)(H2,27,28,29,30)/t14-,15+,21+,22-/m1/s1. The Balaban J connectivity index is 1.43. The molecular weight excluding hydrogens is 470 g/mol. The van der Waals surface area contributed by atoms with Crippen LogP contribution < -0.4 is 20.3 Å². The first kappa shape index (κ1) is 23.4. The van der Waals surface area contributed by atoms with Crippen LogP contribution in [0.3, 0.4) is 0 Å². The number of aromatic nitrogens is 2. The molecule has 1 aromatic carbocycles. The lowest BCUT2D eigenvalue weighted by molar-refractivity contribution is -0.142. The van der Waals surface area contributed by atoms with Crippen LogP contribution >= 0.6 is 11.6 Å². The number of nitrogens with one attached hydrogen (secondary N) is 2. The van der Waals surface area contributed by atoms with Gasteiger partial charge in [0.2, 0.25) is 11.9 Å². The highest BCUT2D eigenvalue weighted by Crippen LogP contribution is 2.45. The van der Waals surface area contributed by atoms with Crippen molar-refractivity contribution in [1.82, 2.24) is 9.97 Å². The summed E-state index contributed by atoms with van der Waals surface area (Å²) in [7, 11) is 1.58. The van der Waals surface area contributed by atoms with Crippen molar-refractivity contribution in [3.63, 3.8) is 0 Å². The molecule has 10 heteroatoms. The third kappa shape index (κ3) is 4.29. The summed E-state index contributed by atoms with van der Waals surface area (Å²) < 4.78 is 5.62. The highest BCUT2D eigenvalue weighted by Gasteiger charge is 2.48. The van der Waals surface area contributed by atoms with Crippen LogP contribution in [0.1, 0.15) is 31.7 Å². The number of aliphatic carboxylic acids is 1. The summed E-state index contributed by atoms with van der Waals surface area (Å²) in [6.07, 6.45) is 8.44. The molecule has 1 fully saturated rings. The number of carboxylic acids is 1. The molecule has 2 aromatic rings. The van der Waals surface area contributed by atoms with Gasteiger partial charge in [0.1, 0.15) is 10.8 Å². The molecule has 5 rings (SSSR count). The second-order valence-electron chi connectivity index (χ2n) is 9.17. The molecule has 1 aromatic heterocycles. The number of hydrogen-bond donors (Lipinski definition) is 3. The monoisotopic (exact) mass is 497 g/mol. The quantitative estimate of drug-likeness (QED) is 0.486. The molecule has 2 bridgehead atoms. The number of anilines is 4. The zero-order valence-electron chi connectivity index (χ0n) is 19.6. The van der Waals surface area contributed by atoms with E-state index in [9.17, 15) is 14.7 Å². The van der Waals surface area contributed by atoms with Crippen LogP contribution in [0, 0.1) is 17.8 Å². The van der Waals surface area contributed by atoms with Gasteiger partial charge in [-0.1, -0.05) is 23.8 Å². The minimum absolute atomic E-state index is 0.0200. The van der Waals surface area contributed by atoms with E-state index in [2.05, 4.69) is 26.7 Å². The van der Waals surface area contributed by atoms with E-state index in [-0.39, 0.29) is 23.8 Å². The van der Waals surface area contributed by atoms with E-state index < -0.39 is 11.9 Å². The normalized spacial score (nSPS) is 24.8. The zero-order valence-corrected chi connectivity index (χ0v) is 20.4. The van der Waals surface area contributed by atoms with E-state index in [4.69, 9.17) is 16.3 Å². The van der Waals surface area contributed by atoms with Crippen molar-refractivity contribution in [3.8, 4) is 5.75 Å². The summed E-state index contributed by atoms with van der Waals surface area (Å²) >= 11 is 6.38. The zero-order chi connectivity index (χ0) is 24.7. The number of allylic oxidation sites excluding steroid dienone is 1. The Kier molecular flexibility index (Phi) is 6.27. The average Bonchev–Trinajstić information content (AvgIpc) is 3.40. The summed E-state index contributed by atoms with van der Waals surface area (Å²) in [6, 6.07) is 3.56. The Morgan fingerprint density at radius 3 is 2.83 bits per heavy atom. The summed E-state index contributed by atoms with van der Waals surface area (Å²) in [5.74, 6) is 0.160. The van der Waals surface area contributed by atoms with Gasteiger partial charge in [-0.05, 0) is 49.7 Å². The Morgan fingerprint density at radius 2 is 2.09 bits per heavy atom. The van der Waals surface area contributed by atoms with E-state index in [1.807, 2.05) is 25.1 Å². The van der Waals surface area contributed by atoms with Crippen LogP contribution in [0.2, 0.25) is 5.02 Å². The molecule has 9 nitrogen and oxygen atoms in total. The number of halogens is 1. The maximum Gasteiger partial charge on any atom is 0.309 e. The first-order valence-corrected chi connectivity index (χ1v) is 12.3. The van der Waals surface area contributed by atoms with Gasteiger partial charge in [0.15, 0.2) is 5.82 Å². The van der Waals surface area contributed by atoms with Gasteiger partial charge in [0, 0.05) is 25.1 Å². The number of benzene rings is 1. The van der Waals surface area contributed by atoms with Crippen molar-refractivity contribution in [3.05, 3.63) is 41.1 Å². The highest BCUT2D eigenvalue weighted by molar-refractivity contribution is 6.32. The van der Waals surface area contributed by atoms with Crippen molar-refractivity contribution >= 4 is 46.6 Å². The SMILES string of the molecule is CCN1C(=O)CCCc2cc(Nc3ncc(Cl)c(N[C@H]4[C@@H](C(=O)O)[C@@H]5C=C[C@H]4C5)n3)c(OC)cc21. The van der Waals surface area contributed by atoms with E-state index in [1.54, 1.807) is 12.0 Å². The lowest BCUT2D eigenvalue weighted by atomic mass is 9.89. The number of methoxy groups -OCH3 is 1. The van der Waals surface area contributed by atoms with E-state index in [0.717, 1.165) is 30.5 Å². The third-order valence-corrected chi connectivity index (χ3v) is 7.46. The number of nitrogens with zero attached hydrogens (tertiary/aromatic N) is 3. The molecule has 1 saturated carbocycles. The maximum atomic E-state index is 12.5. The van der Waals surface area contributed by atoms with Crippen LogP contribution in [0.4, 0.5) is 23.1 Å². The molecule has 0 spiro atoms. The minimum atomic E-state index is -0.822. The number of rotatable bonds is 7. The number of ether oxygens (including phenoxy) is 1. The fraction of sp³-hybridized carbons (Fsp3) is 0.440. The molecule has 0 unspecified atom stereocenters. The second-order valence-corrected chi connectivity index (χ2v) is 9.58. The van der Waals surface area contributed by atoms with Gasteiger partial charge < -0.3 is 25.4 Å². The molecule has 2 aliphatic carbocycles. The topological polar surface area (TPSA) is 117 Å². The predicted octanol–water partition coefficient (Wildman–Crippen LogP) is 4.26. The first-order chi connectivity index (χ1) is 16.9. The fourth-order valence-corrected chi connectivity index (χ4v) is 5.69. The Hall–Kier alpha value is -3.33. The lowest BCUT2D eigenvalue weighted by Gasteiger charge is -2.26. The number of aryl methyl sites for hydroxylation is 1. The summed E-state index contributed by atoms with van der Waals surface area (Å²) in [5, 5.41) is 16.5. The summed E-state index contributed by atoms with van der Waals surface area (Å²) in [6.45, 7) is 2.55. The molecule has 3 aliphatic rings. The van der Waals surface area contributed by atoms with Gasteiger partial charge in [-0.2, -0.15) is 4.98 Å². The molecule has 0 radical (unpaired) electrons. The molecule has 1 aliphatic heterocycles. The fourth-order valence-electron chi connectivity index (χ4n) is 5.54. The van der Waals surface area contributed by atoms with Crippen LogP contribution in [0.15, 0.2) is 30.5 Å². The van der Waals surface area contributed by atoms with Crippen LogP contribution in [0.25, 0.3) is 0 Å². The number of carboxylic acid groups (broad SMARTS) is 1. The predicted molar refractivity (Wildman–Crippen MR) is 134 cm³/mol. The Bertz CT molecular complexity index is 1200. The van der Waals surface area contributed by atoms with Crippen LogP contribution in [-0.4, -0.2) is 46.6 Å². The third-order valence-electron chi connectivity index (χ3n) is 7.18. The van der Waals surface area contributed by atoms with E-state index >= 15 is 0 Å². The number of carbonyl (C=O) groups is 2. The van der Waals surface area contributed by atoms with Crippen molar-refractivity contribution in [2.45, 2.75) is 38.6 Å². The van der Waals surface area contributed by atoms with Gasteiger partial charge in [0.25, 0.3) is 0 Å². The molecule has 3 N–H and O–H groups in total.